The first-order valence-electron chi connectivity index (χ1n) is 6.91. The molecule has 0 atom stereocenters. The van der Waals surface area contributed by atoms with Crippen molar-refractivity contribution in [2.45, 2.75) is 64.8 Å². The topological polar surface area (TPSA) is 63.8 Å². The van der Waals surface area contributed by atoms with Gasteiger partial charge in [-0.05, 0) is 39.5 Å². The third kappa shape index (κ3) is 2.57. The van der Waals surface area contributed by atoms with E-state index in [9.17, 15) is 0 Å². The number of nitrogens with one attached hydrogen (secondary N) is 1. The van der Waals surface area contributed by atoms with Crippen LogP contribution in [0.3, 0.4) is 0 Å². The lowest BCUT2D eigenvalue weighted by Crippen LogP contribution is -2.34. The van der Waals surface area contributed by atoms with Gasteiger partial charge in [-0.2, -0.15) is 0 Å². The van der Waals surface area contributed by atoms with E-state index in [0.29, 0.717) is 11.7 Å². The van der Waals surface area contributed by atoms with Gasteiger partial charge in [0.1, 0.15) is 17.5 Å². The molecule has 0 aromatic carbocycles. The zero-order chi connectivity index (χ0) is 13.3. The van der Waals surface area contributed by atoms with Crippen LogP contribution in [0.1, 0.15) is 63.8 Å². The van der Waals surface area contributed by atoms with Crippen molar-refractivity contribution in [3.05, 3.63) is 11.4 Å². The molecule has 0 aliphatic heterocycles. The minimum absolute atomic E-state index is 0.0758. The van der Waals surface area contributed by atoms with E-state index in [0.717, 1.165) is 30.0 Å². The predicted molar refractivity (Wildman–Crippen MR) is 75.8 cm³/mol. The fourth-order valence-corrected chi connectivity index (χ4v) is 1.91. The Balaban J connectivity index is 2.31. The summed E-state index contributed by atoms with van der Waals surface area (Å²) in [6.45, 7) is 8.60. The molecule has 0 saturated heterocycles. The fraction of sp³-hybridized carbons (Fsp3) is 0.714. The van der Waals surface area contributed by atoms with E-state index in [4.69, 9.17) is 5.73 Å². The summed E-state index contributed by atoms with van der Waals surface area (Å²) < 4.78 is 0. The smallest absolute Gasteiger partial charge is 0.136 e. The molecule has 100 valence electrons. The SMILES string of the molecule is CCC(C)(CC)Nc1nc(C2CC2)nc(N)c1C. The van der Waals surface area contributed by atoms with Gasteiger partial charge < -0.3 is 11.1 Å². The monoisotopic (exact) mass is 248 g/mol. The summed E-state index contributed by atoms with van der Waals surface area (Å²) in [5.74, 6) is 2.97. The van der Waals surface area contributed by atoms with Crippen molar-refractivity contribution in [3.63, 3.8) is 0 Å². The molecule has 0 radical (unpaired) electrons. The number of anilines is 2. The molecular weight excluding hydrogens is 224 g/mol. The molecule has 1 aromatic heterocycles. The number of nitrogens with two attached hydrogens (primary N) is 1. The molecule has 1 heterocycles. The second-order valence-electron chi connectivity index (χ2n) is 5.61. The molecule has 4 heteroatoms. The average Bonchev–Trinajstić information content (AvgIpc) is 3.18. The summed E-state index contributed by atoms with van der Waals surface area (Å²) in [7, 11) is 0. The molecule has 0 amide bonds. The summed E-state index contributed by atoms with van der Waals surface area (Å²) in [5.41, 5.74) is 7.04. The highest BCUT2D eigenvalue weighted by molar-refractivity contribution is 5.56. The quantitative estimate of drug-likeness (QED) is 0.839. The number of hydrogen-bond donors (Lipinski definition) is 2. The van der Waals surface area contributed by atoms with Crippen LogP contribution in [-0.2, 0) is 0 Å². The van der Waals surface area contributed by atoms with Crippen molar-refractivity contribution in [3.8, 4) is 0 Å². The lowest BCUT2D eigenvalue weighted by molar-refractivity contribution is 0.476. The maximum atomic E-state index is 6.00. The number of hydrogen-bond acceptors (Lipinski definition) is 4. The summed E-state index contributed by atoms with van der Waals surface area (Å²) in [6, 6.07) is 0. The Morgan fingerprint density at radius 3 is 2.39 bits per heavy atom. The van der Waals surface area contributed by atoms with Crippen molar-refractivity contribution in [1.82, 2.24) is 9.97 Å². The number of rotatable bonds is 5. The van der Waals surface area contributed by atoms with E-state index >= 15 is 0 Å². The van der Waals surface area contributed by atoms with Crippen molar-refractivity contribution < 1.29 is 0 Å². The zero-order valence-corrected chi connectivity index (χ0v) is 11.9. The standard InChI is InChI=1S/C14H24N4/c1-5-14(4,6-2)18-12-9(3)11(15)16-13(17-12)10-7-8-10/h10H,5-8H2,1-4H3,(H3,15,16,17,18). The van der Waals surface area contributed by atoms with Crippen LogP contribution < -0.4 is 11.1 Å². The fourth-order valence-electron chi connectivity index (χ4n) is 1.91. The van der Waals surface area contributed by atoms with Gasteiger partial charge in [-0.3, -0.25) is 0 Å². The maximum absolute atomic E-state index is 6.00. The molecule has 0 unspecified atom stereocenters. The van der Waals surface area contributed by atoms with E-state index in [-0.39, 0.29) is 5.54 Å². The van der Waals surface area contributed by atoms with Gasteiger partial charge in [0.2, 0.25) is 0 Å². The van der Waals surface area contributed by atoms with E-state index in [1.165, 1.54) is 12.8 Å². The molecule has 0 bridgehead atoms. The van der Waals surface area contributed by atoms with Crippen molar-refractivity contribution in [2.24, 2.45) is 0 Å². The van der Waals surface area contributed by atoms with E-state index in [1.54, 1.807) is 0 Å². The summed E-state index contributed by atoms with van der Waals surface area (Å²) in [5, 5.41) is 3.56. The molecule has 4 nitrogen and oxygen atoms in total. The molecule has 2 rings (SSSR count). The summed E-state index contributed by atoms with van der Waals surface area (Å²) >= 11 is 0. The Labute approximate surface area is 109 Å². The van der Waals surface area contributed by atoms with Crippen LogP contribution in [0.4, 0.5) is 11.6 Å². The molecule has 3 N–H and O–H groups in total. The number of aromatic nitrogens is 2. The van der Waals surface area contributed by atoms with Gasteiger partial charge in [0.25, 0.3) is 0 Å². The molecule has 0 spiro atoms. The molecule has 1 aliphatic carbocycles. The van der Waals surface area contributed by atoms with Gasteiger partial charge in [0.15, 0.2) is 0 Å². The molecule has 1 saturated carbocycles. The van der Waals surface area contributed by atoms with Crippen LogP contribution in [0, 0.1) is 6.92 Å². The lowest BCUT2D eigenvalue weighted by atomic mass is 9.95. The minimum atomic E-state index is 0.0758. The Hall–Kier alpha value is -1.32. The second kappa shape index (κ2) is 4.75. The maximum Gasteiger partial charge on any atom is 0.136 e. The van der Waals surface area contributed by atoms with Gasteiger partial charge in [-0.25, -0.2) is 9.97 Å². The first-order chi connectivity index (χ1) is 8.49. The highest BCUT2D eigenvalue weighted by Crippen LogP contribution is 2.39. The van der Waals surface area contributed by atoms with Gasteiger partial charge >= 0.3 is 0 Å². The zero-order valence-electron chi connectivity index (χ0n) is 11.9. The second-order valence-corrected chi connectivity index (χ2v) is 5.61. The summed E-state index contributed by atoms with van der Waals surface area (Å²) in [6.07, 6.45) is 4.51. The number of nitrogens with zero attached hydrogens (tertiary/aromatic N) is 2. The molecule has 1 aliphatic rings. The van der Waals surface area contributed by atoms with Crippen molar-refractivity contribution in [2.75, 3.05) is 11.1 Å². The molecule has 1 aromatic rings. The van der Waals surface area contributed by atoms with Crippen LogP contribution >= 0.6 is 0 Å². The first-order valence-corrected chi connectivity index (χ1v) is 6.91. The summed E-state index contributed by atoms with van der Waals surface area (Å²) in [4.78, 5) is 9.08. The highest BCUT2D eigenvalue weighted by Gasteiger charge is 2.29. The van der Waals surface area contributed by atoms with E-state index < -0.39 is 0 Å². The van der Waals surface area contributed by atoms with Gasteiger partial charge in [-0.15, -0.1) is 0 Å². The van der Waals surface area contributed by atoms with Crippen LogP contribution in [0.2, 0.25) is 0 Å². The minimum Gasteiger partial charge on any atom is -0.383 e. The van der Waals surface area contributed by atoms with Crippen molar-refractivity contribution in [1.29, 1.82) is 0 Å². The van der Waals surface area contributed by atoms with Crippen LogP contribution in [-0.4, -0.2) is 15.5 Å². The molecule has 18 heavy (non-hydrogen) atoms. The van der Waals surface area contributed by atoms with Gasteiger partial charge in [0, 0.05) is 17.0 Å². The Morgan fingerprint density at radius 1 is 1.28 bits per heavy atom. The normalized spacial score (nSPS) is 15.8. The van der Waals surface area contributed by atoms with E-state index in [2.05, 4.69) is 36.1 Å². The third-order valence-electron chi connectivity index (χ3n) is 4.12. The number of nitrogen functional groups attached to an aromatic ring is 1. The Morgan fingerprint density at radius 2 is 1.89 bits per heavy atom. The van der Waals surface area contributed by atoms with Crippen LogP contribution in [0.5, 0.6) is 0 Å². The third-order valence-corrected chi connectivity index (χ3v) is 4.12. The first kappa shape index (κ1) is 13.1. The average molecular weight is 248 g/mol. The largest absolute Gasteiger partial charge is 0.383 e. The molecular formula is C14H24N4. The van der Waals surface area contributed by atoms with Gasteiger partial charge in [-0.1, -0.05) is 13.8 Å². The Bertz CT molecular complexity index is 434. The van der Waals surface area contributed by atoms with Crippen LogP contribution in [0.15, 0.2) is 0 Å². The Kier molecular flexibility index (Phi) is 3.46. The van der Waals surface area contributed by atoms with Crippen molar-refractivity contribution >= 4 is 11.6 Å². The molecule has 1 fully saturated rings. The lowest BCUT2D eigenvalue weighted by Gasteiger charge is -2.30. The van der Waals surface area contributed by atoms with E-state index in [1.807, 2.05) is 6.92 Å². The van der Waals surface area contributed by atoms with Crippen LogP contribution in [0.25, 0.3) is 0 Å². The predicted octanol–water partition coefficient (Wildman–Crippen LogP) is 3.24. The van der Waals surface area contributed by atoms with Gasteiger partial charge in [0.05, 0.1) is 0 Å². The highest BCUT2D eigenvalue weighted by atomic mass is 15.1.